The molecule has 1 N–H and O–H groups in total. The lowest BCUT2D eigenvalue weighted by molar-refractivity contribution is -0.144. The summed E-state index contributed by atoms with van der Waals surface area (Å²) in [6.45, 7) is 3.07. The van der Waals surface area contributed by atoms with E-state index in [1.165, 1.54) is 5.56 Å². The maximum absolute atomic E-state index is 11.6. The number of ether oxygens (including phenoxy) is 1. The molecule has 92 valence electrons. The Morgan fingerprint density at radius 1 is 1.47 bits per heavy atom. The van der Waals surface area contributed by atoms with Crippen LogP contribution in [0.3, 0.4) is 0 Å². The second-order valence-corrected chi connectivity index (χ2v) is 4.49. The fourth-order valence-corrected chi connectivity index (χ4v) is 2.67. The largest absolute Gasteiger partial charge is 0.481 e. The highest BCUT2D eigenvalue weighted by atomic mass is 16.5. The Morgan fingerprint density at radius 3 is 2.94 bits per heavy atom. The summed E-state index contributed by atoms with van der Waals surface area (Å²) in [6, 6.07) is 7.87. The summed E-state index contributed by atoms with van der Waals surface area (Å²) in [5.41, 5.74) is 1.42. The molecule has 2 rings (SSSR count). The number of hydrogen-bond donors (Lipinski definition) is 1. The van der Waals surface area contributed by atoms with Crippen molar-refractivity contribution in [2.24, 2.45) is 0 Å². The van der Waals surface area contributed by atoms with Gasteiger partial charge in [0.2, 0.25) is 0 Å². The second kappa shape index (κ2) is 4.88. The zero-order valence-corrected chi connectivity index (χ0v) is 10.1. The lowest BCUT2D eigenvalue weighted by atomic mass is 9.79. The number of hydrogen-bond acceptors (Lipinski definition) is 2. The number of rotatable bonds is 5. The molecule has 3 nitrogen and oxygen atoms in total. The molecule has 0 fully saturated rings. The standard InChI is InChI=1S/C14H18O3/c1-2-17-10-9-14(13(15)16)8-7-11-5-3-4-6-12(11)14/h3-6H,2,7-10H2,1H3,(H,15,16). The van der Waals surface area contributed by atoms with Crippen molar-refractivity contribution in [3.05, 3.63) is 35.4 Å². The molecule has 1 aromatic carbocycles. The smallest absolute Gasteiger partial charge is 0.314 e. The van der Waals surface area contributed by atoms with Crippen molar-refractivity contribution < 1.29 is 14.6 Å². The fourth-order valence-electron chi connectivity index (χ4n) is 2.67. The molecule has 0 spiro atoms. The molecule has 0 bridgehead atoms. The number of carboxylic acids is 1. The average Bonchev–Trinajstić information content (AvgIpc) is 2.70. The van der Waals surface area contributed by atoms with Crippen molar-refractivity contribution in [1.82, 2.24) is 0 Å². The van der Waals surface area contributed by atoms with Crippen molar-refractivity contribution in [1.29, 1.82) is 0 Å². The summed E-state index contributed by atoms with van der Waals surface area (Å²) in [7, 11) is 0. The van der Waals surface area contributed by atoms with E-state index in [4.69, 9.17) is 4.74 Å². The van der Waals surface area contributed by atoms with E-state index in [0.717, 1.165) is 12.0 Å². The summed E-state index contributed by atoms with van der Waals surface area (Å²) in [6.07, 6.45) is 2.11. The van der Waals surface area contributed by atoms with Gasteiger partial charge < -0.3 is 9.84 Å². The van der Waals surface area contributed by atoms with Gasteiger partial charge in [0.05, 0.1) is 5.41 Å². The van der Waals surface area contributed by atoms with Crippen LogP contribution in [0.4, 0.5) is 0 Å². The molecule has 3 heteroatoms. The van der Waals surface area contributed by atoms with Crippen molar-refractivity contribution >= 4 is 5.97 Å². The summed E-state index contributed by atoms with van der Waals surface area (Å²) in [4.78, 5) is 11.6. The molecule has 0 radical (unpaired) electrons. The summed E-state index contributed by atoms with van der Waals surface area (Å²) in [5, 5.41) is 9.55. The maximum Gasteiger partial charge on any atom is 0.314 e. The molecule has 1 aliphatic carbocycles. The van der Waals surface area contributed by atoms with Gasteiger partial charge in [-0.05, 0) is 37.3 Å². The van der Waals surface area contributed by atoms with Crippen molar-refractivity contribution in [3.63, 3.8) is 0 Å². The number of fused-ring (bicyclic) bond motifs is 1. The quantitative estimate of drug-likeness (QED) is 0.796. The Morgan fingerprint density at radius 2 is 2.24 bits per heavy atom. The maximum atomic E-state index is 11.6. The third-order valence-corrected chi connectivity index (χ3v) is 3.64. The minimum Gasteiger partial charge on any atom is -0.481 e. The van der Waals surface area contributed by atoms with E-state index in [1.54, 1.807) is 0 Å². The highest BCUT2D eigenvalue weighted by Crippen LogP contribution is 2.41. The van der Waals surface area contributed by atoms with E-state index in [9.17, 15) is 9.90 Å². The van der Waals surface area contributed by atoms with E-state index in [2.05, 4.69) is 0 Å². The summed E-state index contributed by atoms with van der Waals surface area (Å²) < 4.78 is 5.32. The monoisotopic (exact) mass is 234 g/mol. The second-order valence-electron chi connectivity index (χ2n) is 4.49. The van der Waals surface area contributed by atoms with Crippen LogP contribution < -0.4 is 0 Å². The van der Waals surface area contributed by atoms with E-state index < -0.39 is 11.4 Å². The zero-order chi connectivity index (χ0) is 12.3. The predicted molar refractivity (Wildman–Crippen MR) is 65.2 cm³/mol. The lowest BCUT2D eigenvalue weighted by Crippen LogP contribution is -2.34. The van der Waals surface area contributed by atoms with Gasteiger partial charge in [-0.25, -0.2) is 0 Å². The van der Waals surface area contributed by atoms with Crippen LogP contribution in [0, 0.1) is 0 Å². The molecule has 0 heterocycles. The van der Waals surface area contributed by atoms with E-state index in [-0.39, 0.29) is 0 Å². The number of carboxylic acid groups (broad SMARTS) is 1. The first-order chi connectivity index (χ1) is 8.20. The highest BCUT2D eigenvalue weighted by molar-refractivity contribution is 5.83. The normalized spacial score (nSPS) is 22.4. The summed E-state index contributed by atoms with van der Waals surface area (Å²) in [5.74, 6) is -0.720. The SMILES string of the molecule is CCOCCC1(C(=O)O)CCc2ccccc21. The van der Waals surface area contributed by atoms with Crippen LogP contribution in [0.25, 0.3) is 0 Å². The molecule has 1 aliphatic rings. The van der Waals surface area contributed by atoms with Gasteiger partial charge in [-0.15, -0.1) is 0 Å². The minimum atomic E-state index is -0.730. The number of benzene rings is 1. The van der Waals surface area contributed by atoms with Crippen LogP contribution in [0.2, 0.25) is 0 Å². The Kier molecular flexibility index (Phi) is 3.48. The third-order valence-electron chi connectivity index (χ3n) is 3.64. The molecule has 1 atom stereocenters. The first kappa shape index (κ1) is 12.1. The molecule has 17 heavy (non-hydrogen) atoms. The van der Waals surface area contributed by atoms with Crippen LogP contribution in [0.15, 0.2) is 24.3 Å². The Hall–Kier alpha value is -1.35. The van der Waals surface area contributed by atoms with Gasteiger partial charge in [0.15, 0.2) is 0 Å². The lowest BCUT2D eigenvalue weighted by Gasteiger charge is -2.25. The molecule has 0 amide bonds. The molecular weight excluding hydrogens is 216 g/mol. The summed E-state index contributed by atoms with van der Waals surface area (Å²) >= 11 is 0. The average molecular weight is 234 g/mol. The Labute approximate surface area is 101 Å². The molecule has 1 aromatic rings. The van der Waals surface area contributed by atoms with Gasteiger partial charge in [0.1, 0.15) is 0 Å². The Balaban J connectivity index is 2.28. The van der Waals surface area contributed by atoms with Crippen LogP contribution in [-0.4, -0.2) is 24.3 Å². The van der Waals surface area contributed by atoms with Gasteiger partial charge in [0, 0.05) is 13.2 Å². The molecule has 0 aliphatic heterocycles. The van der Waals surface area contributed by atoms with Gasteiger partial charge in [-0.2, -0.15) is 0 Å². The first-order valence-corrected chi connectivity index (χ1v) is 6.10. The molecule has 0 saturated heterocycles. The highest BCUT2D eigenvalue weighted by Gasteiger charge is 2.44. The number of aliphatic carboxylic acids is 1. The van der Waals surface area contributed by atoms with Crippen LogP contribution in [0.5, 0.6) is 0 Å². The topological polar surface area (TPSA) is 46.5 Å². The number of aryl methyl sites for hydroxylation is 1. The van der Waals surface area contributed by atoms with E-state index in [0.29, 0.717) is 26.1 Å². The molecule has 0 aromatic heterocycles. The fraction of sp³-hybridized carbons (Fsp3) is 0.500. The van der Waals surface area contributed by atoms with E-state index >= 15 is 0 Å². The molecule has 0 saturated carbocycles. The van der Waals surface area contributed by atoms with Crippen LogP contribution in [0.1, 0.15) is 30.9 Å². The van der Waals surface area contributed by atoms with Gasteiger partial charge >= 0.3 is 5.97 Å². The van der Waals surface area contributed by atoms with Crippen molar-refractivity contribution in [3.8, 4) is 0 Å². The van der Waals surface area contributed by atoms with Crippen molar-refractivity contribution in [2.75, 3.05) is 13.2 Å². The first-order valence-electron chi connectivity index (χ1n) is 6.10. The van der Waals surface area contributed by atoms with Gasteiger partial charge in [0.25, 0.3) is 0 Å². The van der Waals surface area contributed by atoms with Crippen molar-refractivity contribution in [2.45, 2.75) is 31.6 Å². The third kappa shape index (κ3) is 2.07. The molecular formula is C14H18O3. The minimum absolute atomic E-state index is 0.511. The van der Waals surface area contributed by atoms with E-state index in [1.807, 2.05) is 31.2 Å². The molecule has 1 unspecified atom stereocenters. The van der Waals surface area contributed by atoms with Gasteiger partial charge in [-0.3, -0.25) is 4.79 Å². The number of carbonyl (C=O) groups is 1. The zero-order valence-electron chi connectivity index (χ0n) is 10.1. The van der Waals surface area contributed by atoms with Crippen LogP contribution >= 0.6 is 0 Å². The van der Waals surface area contributed by atoms with Crippen LogP contribution in [-0.2, 0) is 21.4 Å². The van der Waals surface area contributed by atoms with Gasteiger partial charge in [-0.1, -0.05) is 24.3 Å². The predicted octanol–water partition coefficient (Wildman–Crippen LogP) is 2.38. The Bertz CT molecular complexity index is 414.